The molecule has 0 aliphatic heterocycles. The van der Waals surface area contributed by atoms with Gasteiger partial charge in [0.2, 0.25) is 0 Å². The minimum absolute atomic E-state index is 0.143. The first-order chi connectivity index (χ1) is 12.0. The number of hydrogen-bond donors (Lipinski definition) is 1. The second kappa shape index (κ2) is 8.70. The summed E-state index contributed by atoms with van der Waals surface area (Å²) < 4.78 is 12.8. The van der Waals surface area contributed by atoms with E-state index in [0.717, 1.165) is 10.0 Å². The van der Waals surface area contributed by atoms with Gasteiger partial charge in [-0.25, -0.2) is 0 Å². The predicted molar refractivity (Wildman–Crippen MR) is 102 cm³/mol. The first-order valence-corrected chi connectivity index (χ1v) is 8.70. The van der Waals surface area contributed by atoms with E-state index in [1.165, 1.54) is 13.2 Å². The molecule has 0 atom stereocenters. The highest BCUT2D eigenvalue weighted by Crippen LogP contribution is 2.38. The molecule has 2 aromatic carbocycles. The van der Waals surface area contributed by atoms with Crippen LogP contribution in [-0.4, -0.2) is 13.0 Å². The van der Waals surface area contributed by atoms with E-state index in [4.69, 9.17) is 20.5 Å². The van der Waals surface area contributed by atoms with Crippen molar-refractivity contribution in [1.29, 1.82) is 5.26 Å². The summed E-state index contributed by atoms with van der Waals surface area (Å²) in [6.45, 7) is 0.344. The molecule has 0 saturated carbocycles. The van der Waals surface area contributed by atoms with Crippen LogP contribution in [0.4, 0.5) is 0 Å². The highest BCUT2D eigenvalue weighted by Gasteiger charge is 2.13. The lowest BCUT2D eigenvalue weighted by Crippen LogP contribution is -2.12. The van der Waals surface area contributed by atoms with Crippen LogP contribution >= 0.6 is 31.9 Å². The third kappa shape index (κ3) is 4.84. The SMILES string of the molecule is COc1cc(/C=C(\C#N)C(N)=O)cc(Br)c1OCc1ccccc1Br. The summed E-state index contributed by atoms with van der Waals surface area (Å²) in [5.41, 5.74) is 6.59. The third-order valence-corrected chi connectivity index (χ3v) is 4.64. The molecule has 0 heterocycles. The second-order valence-electron chi connectivity index (χ2n) is 4.95. The number of ether oxygens (including phenoxy) is 2. The molecule has 2 N–H and O–H groups in total. The number of primary amides is 1. The Morgan fingerprint density at radius 3 is 2.60 bits per heavy atom. The fourth-order valence-electron chi connectivity index (χ4n) is 2.05. The lowest BCUT2D eigenvalue weighted by molar-refractivity contribution is -0.114. The number of methoxy groups -OCH3 is 1. The Kier molecular flexibility index (Phi) is 6.62. The Morgan fingerprint density at radius 1 is 1.28 bits per heavy atom. The van der Waals surface area contributed by atoms with Crippen LogP contribution in [0.15, 0.2) is 50.9 Å². The molecule has 0 aromatic heterocycles. The number of nitrogens with two attached hydrogens (primary N) is 1. The second-order valence-corrected chi connectivity index (χ2v) is 6.66. The van der Waals surface area contributed by atoms with Crippen molar-refractivity contribution in [3.63, 3.8) is 0 Å². The Labute approximate surface area is 162 Å². The van der Waals surface area contributed by atoms with Crippen LogP contribution < -0.4 is 15.2 Å². The smallest absolute Gasteiger partial charge is 0.259 e. The van der Waals surface area contributed by atoms with Gasteiger partial charge in [-0.2, -0.15) is 5.26 Å². The molecule has 0 aliphatic rings. The van der Waals surface area contributed by atoms with Gasteiger partial charge in [0.15, 0.2) is 11.5 Å². The Balaban J connectivity index is 2.33. The minimum atomic E-state index is -0.785. The van der Waals surface area contributed by atoms with E-state index >= 15 is 0 Å². The zero-order valence-corrected chi connectivity index (χ0v) is 16.4. The zero-order valence-electron chi connectivity index (χ0n) is 13.3. The van der Waals surface area contributed by atoms with Crippen molar-refractivity contribution >= 4 is 43.8 Å². The van der Waals surface area contributed by atoms with Crippen LogP contribution in [0.5, 0.6) is 11.5 Å². The maximum atomic E-state index is 11.2. The first-order valence-electron chi connectivity index (χ1n) is 7.11. The molecule has 25 heavy (non-hydrogen) atoms. The van der Waals surface area contributed by atoms with E-state index in [1.54, 1.807) is 18.2 Å². The molecule has 0 saturated heterocycles. The zero-order chi connectivity index (χ0) is 18.4. The van der Waals surface area contributed by atoms with Crippen molar-refractivity contribution in [3.05, 3.63) is 62.0 Å². The largest absolute Gasteiger partial charge is 0.493 e. The number of halogens is 2. The van der Waals surface area contributed by atoms with Crippen LogP contribution in [0, 0.1) is 11.3 Å². The van der Waals surface area contributed by atoms with E-state index in [-0.39, 0.29) is 5.57 Å². The van der Waals surface area contributed by atoms with E-state index in [0.29, 0.717) is 28.1 Å². The van der Waals surface area contributed by atoms with E-state index in [9.17, 15) is 4.79 Å². The molecule has 0 aliphatic carbocycles. The summed E-state index contributed by atoms with van der Waals surface area (Å²) in [7, 11) is 1.51. The molecule has 2 rings (SSSR count). The summed E-state index contributed by atoms with van der Waals surface area (Å²) in [4.78, 5) is 11.2. The molecule has 0 radical (unpaired) electrons. The lowest BCUT2D eigenvalue weighted by Gasteiger charge is -2.14. The molecule has 7 heteroatoms. The Hall–Kier alpha value is -2.30. The van der Waals surface area contributed by atoms with Gasteiger partial charge in [0.1, 0.15) is 18.2 Å². The van der Waals surface area contributed by atoms with Crippen molar-refractivity contribution in [2.75, 3.05) is 7.11 Å². The average Bonchev–Trinajstić information content (AvgIpc) is 2.59. The number of benzene rings is 2. The molecule has 2 aromatic rings. The average molecular weight is 466 g/mol. The Morgan fingerprint density at radius 2 is 2.00 bits per heavy atom. The molecular formula is C18H14Br2N2O3. The van der Waals surface area contributed by atoms with Crippen LogP contribution in [0.1, 0.15) is 11.1 Å². The Bertz CT molecular complexity index is 873. The number of amides is 1. The maximum Gasteiger partial charge on any atom is 0.259 e. The standard InChI is InChI=1S/C18H14Br2N2O3/c1-24-16-8-11(6-13(9-21)18(22)23)7-15(20)17(16)25-10-12-4-2-3-5-14(12)19/h2-8H,10H2,1H3,(H2,22,23)/b13-6+. The molecule has 0 bridgehead atoms. The fraction of sp³-hybridized carbons (Fsp3) is 0.111. The molecule has 1 amide bonds. The molecular weight excluding hydrogens is 452 g/mol. The molecule has 0 fully saturated rings. The molecule has 5 nitrogen and oxygen atoms in total. The number of carbonyl (C=O) groups is 1. The highest BCUT2D eigenvalue weighted by atomic mass is 79.9. The monoisotopic (exact) mass is 464 g/mol. The van der Waals surface area contributed by atoms with Crippen molar-refractivity contribution in [2.45, 2.75) is 6.61 Å². The number of rotatable bonds is 6. The normalized spacial score (nSPS) is 10.9. The first kappa shape index (κ1) is 19.0. The van der Waals surface area contributed by atoms with Gasteiger partial charge >= 0.3 is 0 Å². The topological polar surface area (TPSA) is 85.3 Å². The van der Waals surface area contributed by atoms with Gasteiger partial charge < -0.3 is 15.2 Å². The van der Waals surface area contributed by atoms with Gasteiger partial charge in [0.25, 0.3) is 5.91 Å². The van der Waals surface area contributed by atoms with Crippen LogP contribution in [0.2, 0.25) is 0 Å². The number of nitriles is 1. The fourth-order valence-corrected chi connectivity index (χ4v) is 3.03. The summed E-state index contributed by atoms with van der Waals surface area (Å²) in [5.74, 6) is 0.203. The summed E-state index contributed by atoms with van der Waals surface area (Å²) in [5, 5.41) is 8.95. The number of carbonyl (C=O) groups excluding carboxylic acids is 1. The summed E-state index contributed by atoms with van der Waals surface area (Å²) >= 11 is 6.91. The molecule has 0 unspecified atom stereocenters. The van der Waals surface area contributed by atoms with Gasteiger partial charge in [0.05, 0.1) is 11.6 Å². The van der Waals surface area contributed by atoms with E-state index in [2.05, 4.69) is 31.9 Å². The van der Waals surface area contributed by atoms with Crippen LogP contribution in [0.3, 0.4) is 0 Å². The van der Waals surface area contributed by atoms with Gasteiger partial charge in [-0.3, -0.25) is 4.79 Å². The van der Waals surface area contributed by atoms with Crippen molar-refractivity contribution in [3.8, 4) is 17.6 Å². The maximum absolute atomic E-state index is 11.2. The van der Waals surface area contributed by atoms with Crippen LogP contribution in [-0.2, 0) is 11.4 Å². The number of nitrogens with zero attached hydrogens (tertiary/aromatic N) is 1. The summed E-state index contributed by atoms with van der Waals surface area (Å²) in [6.07, 6.45) is 1.40. The minimum Gasteiger partial charge on any atom is -0.493 e. The van der Waals surface area contributed by atoms with Crippen LogP contribution in [0.25, 0.3) is 6.08 Å². The molecule has 0 spiro atoms. The van der Waals surface area contributed by atoms with E-state index < -0.39 is 5.91 Å². The van der Waals surface area contributed by atoms with Gasteiger partial charge in [-0.1, -0.05) is 34.1 Å². The van der Waals surface area contributed by atoms with Crippen molar-refractivity contribution in [2.24, 2.45) is 5.73 Å². The lowest BCUT2D eigenvalue weighted by atomic mass is 10.1. The number of hydrogen-bond acceptors (Lipinski definition) is 4. The van der Waals surface area contributed by atoms with Crippen molar-refractivity contribution < 1.29 is 14.3 Å². The van der Waals surface area contributed by atoms with E-state index in [1.807, 2.05) is 24.3 Å². The quantitative estimate of drug-likeness (QED) is 0.511. The van der Waals surface area contributed by atoms with Crippen molar-refractivity contribution in [1.82, 2.24) is 0 Å². The highest BCUT2D eigenvalue weighted by molar-refractivity contribution is 9.10. The third-order valence-electron chi connectivity index (χ3n) is 3.28. The predicted octanol–water partition coefficient (Wildman–Crippen LogP) is 4.19. The van der Waals surface area contributed by atoms with Gasteiger partial charge in [-0.15, -0.1) is 0 Å². The molecule has 128 valence electrons. The van der Waals surface area contributed by atoms with Gasteiger partial charge in [0, 0.05) is 10.0 Å². The summed E-state index contributed by atoms with van der Waals surface area (Å²) in [6, 6.07) is 12.9. The van der Waals surface area contributed by atoms with Gasteiger partial charge in [-0.05, 0) is 45.8 Å².